The molecule has 1 aliphatic heterocycles. The molecule has 0 spiro atoms. The van der Waals surface area contributed by atoms with E-state index in [4.69, 9.17) is 0 Å². The number of benzene rings is 1. The van der Waals surface area contributed by atoms with E-state index in [1.54, 1.807) is 6.07 Å². The maximum absolute atomic E-state index is 12.2. The number of carboxylic acid groups (broad SMARTS) is 1. The summed E-state index contributed by atoms with van der Waals surface area (Å²) in [5.41, 5.74) is 1.67. The lowest BCUT2D eigenvalue weighted by Gasteiger charge is -2.23. The van der Waals surface area contributed by atoms with Crippen molar-refractivity contribution in [3.63, 3.8) is 0 Å². The van der Waals surface area contributed by atoms with Gasteiger partial charge in [0, 0.05) is 16.7 Å². The van der Waals surface area contributed by atoms with Crippen LogP contribution < -0.4 is 5.32 Å². The lowest BCUT2D eigenvalue weighted by Crippen LogP contribution is -2.44. The fraction of sp³-hybridized carbons (Fsp3) is 0.429. The Morgan fingerprint density at radius 2 is 2.15 bits per heavy atom. The minimum Gasteiger partial charge on any atom is -0.480 e. The van der Waals surface area contributed by atoms with Crippen LogP contribution in [0.3, 0.4) is 0 Å². The molecule has 2 amide bonds. The van der Waals surface area contributed by atoms with Crippen LogP contribution in [0.4, 0.5) is 10.5 Å². The number of hydrogen-bond acceptors (Lipinski definition) is 2. The number of anilines is 1. The van der Waals surface area contributed by atoms with Crippen LogP contribution >= 0.6 is 15.9 Å². The maximum atomic E-state index is 12.2. The van der Waals surface area contributed by atoms with Crippen molar-refractivity contribution in [2.75, 3.05) is 11.9 Å². The number of carboxylic acids is 1. The van der Waals surface area contributed by atoms with Crippen LogP contribution in [0.15, 0.2) is 22.7 Å². The molecule has 0 radical (unpaired) electrons. The van der Waals surface area contributed by atoms with Gasteiger partial charge < -0.3 is 15.3 Å². The summed E-state index contributed by atoms with van der Waals surface area (Å²) in [5.74, 6) is -0.970. The summed E-state index contributed by atoms with van der Waals surface area (Å²) in [4.78, 5) is 24.9. The van der Waals surface area contributed by atoms with E-state index in [-0.39, 0.29) is 11.9 Å². The molecule has 0 aromatic heterocycles. The van der Waals surface area contributed by atoms with E-state index in [9.17, 15) is 14.7 Å². The number of urea groups is 1. The Morgan fingerprint density at radius 3 is 2.75 bits per heavy atom. The molecule has 0 bridgehead atoms. The minimum atomic E-state index is -0.947. The first-order chi connectivity index (χ1) is 9.40. The number of nitrogens with one attached hydrogen (secondary N) is 1. The average molecular weight is 341 g/mol. The van der Waals surface area contributed by atoms with Gasteiger partial charge in [-0.15, -0.1) is 0 Å². The van der Waals surface area contributed by atoms with Crippen LogP contribution in [0, 0.1) is 12.8 Å². The van der Waals surface area contributed by atoms with E-state index in [1.807, 2.05) is 26.0 Å². The van der Waals surface area contributed by atoms with E-state index >= 15 is 0 Å². The lowest BCUT2D eigenvalue weighted by atomic mass is 10.0. The standard InChI is InChI=1S/C14H17BrN2O3/c1-8-5-6-17(12(8)13(18)19)14(20)16-10-3-4-11(15)9(2)7-10/h3-4,7-8,12H,5-6H2,1-2H3,(H,16,20)(H,18,19). The molecule has 1 heterocycles. The molecule has 1 fully saturated rings. The second-order valence-corrected chi connectivity index (χ2v) is 5.99. The van der Waals surface area contributed by atoms with Gasteiger partial charge in [-0.25, -0.2) is 9.59 Å². The molecule has 108 valence electrons. The van der Waals surface area contributed by atoms with Crippen molar-refractivity contribution >= 4 is 33.6 Å². The fourth-order valence-corrected chi connectivity index (χ4v) is 2.72. The number of likely N-dealkylation sites (tertiary alicyclic amines) is 1. The van der Waals surface area contributed by atoms with Gasteiger partial charge in [-0.2, -0.15) is 0 Å². The van der Waals surface area contributed by atoms with Crippen LogP contribution in [0.2, 0.25) is 0 Å². The van der Waals surface area contributed by atoms with E-state index < -0.39 is 12.0 Å². The van der Waals surface area contributed by atoms with Crippen molar-refractivity contribution in [2.24, 2.45) is 5.92 Å². The summed E-state index contributed by atoms with van der Waals surface area (Å²) in [5, 5.41) is 12.0. The highest BCUT2D eigenvalue weighted by Crippen LogP contribution is 2.26. The number of carbonyl (C=O) groups is 2. The van der Waals surface area contributed by atoms with Gasteiger partial charge in [0.15, 0.2) is 0 Å². The van der Waals surface area contributed by atoms with E-state index in [0.29, 0.717) is 18.7 Å². The van der Waals surface area contributed by atoms with Crippen molar-refractivity contribution in [1.82, 2.24) is 4.90 Å². The highest BCUT2D eigenvalue weighted by molar-refractivity contribution is 9.10. The Bertz CT molecular complexity index is 547. The van der Waals surface area contributed by atoms with Crippen LogP contribution in [0.25, 0.3) is 0 Å². The van der Waals surface area contributed by atoms with Crippen LogP contribution in [-0.2, 0) is 4.79 Å². The fourth-order valence-electron chi connectivity index (χ4n) is 2.47. The third-order valence-electron chi connectivity index (χ3n) is 3.62. The molecule has 1 aromatic rings. The number of amides is 2. The molecule has 0 aliphatic carbocycles. The zero-order valence-electron chi connectivity index (χ0n) is 11.4. The van der Waals surface area contributed by atoms with E-state index in [0.717, 1.165) is 10.0 Å². The summed E-state index contributed by atoms with van der Waals surface area (Å²) in [6.45, 7) is 4.26. The van der Waals surface area contributed by atoms with Crippen molar-refractivity contribution in [1.29, 1.82) is 0 Å². The SMILES string of the molecule is Cc1cc(NC(=O)N2CCC(C)C2C(=O)O)ccc1Br. The number of carbonyl (C=O) groups excluding carboxylic acids is 1. The predicted molar refractivity (Wildman–Crippen MR) is 79.8 cm³/mol. The molecule has 2 unspecified atom stereocenters. The molecule has 1 saturated heterocycles. The molecular formula is C14H17BrN2O3. The van der Waals surface area contributed by atoms with E-state index in [1.165, 1.54) is 4.90 Å². The van der Waals surface area contributed by atoms with Crippen molar-refractivity contribution < 1.29 is 14.7 Å². The highest BCUT2D eigenvalue weighted by Gasteiger charge is 2.39. The third-order valence-corrected chi connectivity index (χ3v) is 4.51. The average Bonchev–Trinajstić information content (AvgIpc) is 2.76. The normalized spacial score (nSPS) is 21.9. The molecule has 2 rings (SSSR count). The quantitative estimate of drug-likeness (QED) is 0.869. The molecule has 2 atom stereocenters. The molecule has 2 N–H and O–H groups in total. The Hall–Kier alpha value is -1.56. The van der Waals surface area contributed by atoms with Gasteiger partial charge in [0.2, 0.25) is 0 Å². The number of hydrogen-bond donors (Lipinski definition) is 2. The van der Waals surface area contributed by atoms with Crippen LogP contribution in [0.1, 0.15) is 18.9 Å². The summed E-state index contributed by atoms with van der Waals surface area (Å²) in [6.07, 6.45) is 0.712. The minimum absolute atomic E-state index is 0.0232. The molecule has 5 nitrogen and oxygen atoms in total. The molecule has 20 heavy (non-hydrogen) atoms. The van der Waals surface area contributed by atoms with E-state index in [2.05, 4.69) is 21.2 Å². The Kier molecular flexibility index (Phi) is 4.32. The summed E-state index contributed by atoms with van der Waals surface area (Å²) < 4.78 is 0.966. The second-order valence-electron chi connectivity index (χ2n) is 5.14. The Morgan fingerprint density at radius 1 is 1.45 bits per heavy atom. The number of aliphatic carboxylic acids is 1. The van der Waals surface area contributed by atoms with Gasteiger partial charge in [-0.1, -0.05) is 22.9 Å². The van der Waals surface area contributed by atoms with Gasteiger partial charge in [-0.05, 0) is 43.0 Å². The van der Waals surface area contributed by atoms with Gasteiger partial charge in [0.1, 0.15) is 6.04 Å². The maximum Gasteiger partial charge on any atom is 0.326 e. The zero-order valence-corrected chi connectivity index (χ0v) is 13.0. The van der Waals surface area contributed by atoms with Gasteiger partial charge >= 0.3 is 12.0 Å². The topological polar surface area (TPSA) is 69.6 Å². The first-order valence-corrected chi connectivity index (χ1v) is 7.26. The molecule has 1 aromatic carbocycles. The first-order valence-electron chi connectivity index (χ1n) is 6.46. The van der Waals surface area contributed by atoms with Crippen LogP contribution in [-0.4, -0.2) is 34.6 Å². The Labute approximate surface area is 126 Å². The lowest BCUT2D eigenvalue weighted by molar-refractivity contribution is -0.142. The van der Waals surface area contributed by atoms with Gasteiger partial charge in [-0.3, -0.25) is 0 Å². The summed E-state index contributed by atoms with van der Waals surface area (Å²) in [6, 6.07) is 4.38. The molecular weight excluding hydrogens is 324 g/mol. The van der Waals surface area contributed by atoms with Crippen molar-refractivity contribution in [3.8, 4) is 0 Å². The van der Waals surface area contributed by atoms with Crippen molar-refractivity contribution in [2.45, 2.75) is 26.3 Å². The summed E-state index contributed by atoms with van der Waals surface area (Å²) >= 11 is 3.40. The number of aryl methyl sites for hydroxylation is 1. The highest BCUT2D eigenvalue weighted by atomic mass is 79.9. The van der Waals surface area contributed by atoms with Crippen LogP contribution in [0.5, 0.6) is 0 Å². The monoisotopic (exact) mass is 340 g/mol. The number of rotatable bonds is 2. The molecule has 6 heteroatoms. The van der Waals surface area contributed by atoms with Gasteiger partial charge in [0.25, 0.3) is 0 Å². The zero-order chi connectivity index (χ0) is 14.9. The summed E-state index contributed by atoms with van der Waals surface area (Å²) in [7, 11) is 0. The molecule has 0 saturated carbocycles. The Balaban J connectivity index is 2.11. The third kappa shape index (κ3) is 2.95. The predicted octanol–water partition coefficient (Wildman–Crippen LogP) is 3.08. The smallest absolute Gasteiger partial charge is 0.326 e. The second kappa shape index (κ2) is 5.83. The largest absolute Gasteiger partial charge is 0.480 e. The van der Waals surface area contributed by atoms with Gasteiger partial charge in [0.05, 0.1) is 0 Å². The number of nitrogens with zero attached hydrogens (tertiary/aromatic N) is 1. The number of halogens is 1. The molecule has 1 aliphatic rings. The van der Waals surface area contributed by atoms with Crippen molar-refractivity contribution in [3.05, 3.63) is 28.2 Å². The first kappa shape index (κ1) is 14.8.